The topological polar surface area (TPSA) is 116 Å². The van der Waals surface area contributed by atoms with Gasteiger partial charge in [0, 0.05) is 12.1 Å². The van der Waals surface area contributed by atoms with Crippen LogP contribution in [0.5, 0.6) is 5.75 Å². The number of nitrogens with two attached hydrogens (primary N) is 1. The van der Waals surface area contributed by atoms with Crippen molar-refractivity contribution in [3.8, 4) is 5.75 Å². The average molecular weight is 308 g/mol. The van der Waals surface area contributed by atoms with Crippen molar-refractivity contribution in [2.45, 2.75) is 18.4 Å². The lowest BCUT2D eigenvalue weighted by molar-refractivity contribution is 0.408. The third-order valence-electron chi connectivity index (χ3n) is 2.44. The fourth-order valence-electron chi connectivity index (χ4n) is 1.36. The van der Waals surface area contributed by atoms with Crippen LogP contribution in [-0.2, 0) is 26.6 Å². The maximum absolute atomic E-state index is 11.4. The van der Waals surface area contributed by atoms with E-state index in [2.05, 4.69) is 4.72 Å². The highest BCUT2D eigenvalue weighted by Crippen LogP contribution is 2.21. The molecule has 0 atom stereocenters. The van der Waals surface area contributed by atoms with E-state index >= 15 is 0 Å². The summed E-state index contributed by atoms with van der Waals surface area (Å²) in [5, 5.41) is 5.02. The van der Waals surface area contributed by atoms with E-state index in [0.717, 1.165) is 0 Å². The van der Waals surface area contributed by atoms with Crippen molar-refractivity contribution >= 4 is 20.0 Å². The van der Waals surface area contributed by atoms with Crippen LogP contribution < -0.4 is 14.6 Å². The molecule has 0 saturated heterocycles. The number of nitrogens with one attached hydrogen (secondary N) is 1. The van der Waals surface area contributed by atoms with Gasteiger partial charge in [0.25, 0.3) is 0 Å². The molecule has 0 spiro atoms. The molecule has 0 bridgehead atoms. The van der Waals surface area contributed by atoms with Gasteiger partial charge in [0.15, 0.2) is 0 Å². The summed E-state index contributed by atoms with van der Waals surface area (Å²) in [5.41, 5.74) is 0.394. The van der Waals surface area contributed by atoms with Crippen LogP contribution in [0.2, 0.25) is 0 Å². The molecule has 1 rings (SSSR count). The molecule has 0 aliphatic heterocycles. The van der Waals surface area contributed by atoms with E-state index < -0.39 is 20.0 Å². The minimum atomic E-state index is -3.84. The van der Waals surface area contributed by atoms with Crippen molar-refractivity contribution < 1.29 is 21.6 Å². The molecular weight excluding hydrogens is 292 g/mol. The summed E-state index contributed by atoms with van der Waals surface area (Å²) >= 11 is 0. The molecule has 0 saturated carbocycles. The SMILES string of the molecule is CCS(=O)(=O)NCc1cc(S(N)(=O)=O)ccc1OC. The zero-order chi connectivity index (χ0) is 14.7. The van der Waals surface area contributed by atoms with Crippen molar-refractivity contribution in [2.75, 3.05) is 12.9 Å². The Labute approximate surface area is 112 Å². The highest BCUT2D eigenvalue weighted by molar-refractivity contribution is 7.89. The van der Waals surface area contributed by atoms with E-state index in [1.54, 1.807) is 0 Å². The molecule has 3 N–H and O–H groups in total. The van der Waals surface area contributed by atoms with Crippen molar-refractivity contribution in [1.29, 1.82) is 0 Å². The Balaban J connectivity index is 3.11. The maximum Gasteiger partial charge on any atom is 0.238 e. The number of rotatable bonds is 6. The van der Waals surface area contributed by atoms with Crippen LogP contribution in [0.15, 0.2) is 23.1 Å². The molecule has 0 unspecified atom stereocenters. The van der Waals surface area contributed by atoms with Gasteiger partial charge in [-0.2, -0.15) is 0 Å². The monoisotopic (exact) mass is 308 g/mol. The quantitative estimate of drug-likeness (QED) is 0.754. The van der Waals surface area contributed by atoms with Crippen LogP contribution in [0.4, 0.5) is 0 Å². The number of hydrogen-bond donors (Lipinski definition) is 2. The summed E-state index contributed by atoms with van der Waals surface area (Å²) in [5.74, 6) is 0.315. The number of primary sulfonamides is 1. The summed E-state index contributed by atoms with van der Waals surface area (Å²) in [4.78, 5) is -0.0982. The van der Waals surface area contributed by atoms with Crippen LogP contribution in [0.3, 0.4) is 0 Å². The molecule has 7 nitrogen and oxygen atoms in total. The van der Waals surface area contributed by atoms with Crippen LogP contribution in [0.1, 0.15) is 12.5 Å². The molecule has 1 aromatic rings. The molecule has 0 aliphatic rings. The zero-order valence-electron chi connectivity index (χ0n) is 10.6. The standard InChI is InChI=1S/C10H16N2O5S2/c1-3-18(13,14)12-7-8-6-9(19(11,15)16)4-5-10(8)17-2/h4-6,12H,3,7H2,1-2H3,(H2,11,15,16). The maximum atomic E-state index is 11.4. The second-order valence-electron chi connectivity index (χ2n) is 3.74. The van der Waals surface area contributed by atoms with Gasteiger partial charge in [0.1, 0.15) is 5.75 Å². The van der Waals surface area contributed by atoms with Gasteiger partial charge in [-0.25, -0.2) is 26.7 Å². The van der Waals surface area contributed by atoms with E-state index in [1.165, 1.54) is 32.2 Å². The van der Waals surface area contributed by atoms with E-state index in [1.807, 2.05) is 0 Å². The third-order valence-corrected chi connectivity index (χ3v) is 4.70. The molecule has 0 aliphatic carbocycles. The molecule has 19 heavy (non-hydrogen) atoms. The van der Waals surface area contributed by atoms with Crippen molar-refractivity contribution in [2.24, 2.45) is 5.14 Å². The second-order valence-corrected chi connectivity index (χ2v) is 7.40. The third kappa shape index (κ3) is 4.46. The van der Waals surface area contributed by atoms with Gasteiger partial charge in [0.2, 0.25) is 20.0 Å². The lowest BCUT2D eigenvalue weighted by atomic mass is 10.2. The van der Waals surface area contributed by atoms with Crippen molar-refractivity contribution in [3.05, 3.63) is 23.8 Å². The molecule has 9 heteroatoms. The molecule has 0 radical (unpaired) electrons. The van der Waals surface area contributed by atoms with Gasteiger partial charge in [-0.05, 0) is 25.1 Å². The van der Waals surface area contributed by atoms with Gasteiger partial charge in [0.05, 0.1) is 17.8 Å². The normalized spacial score (nSPS) is 12.4. The Morgan fingerprint density at radius 1 is 1.26 bits per heavy atom. The van der Waals surface area contributed by atoms with Gasteiger partial charge in [-0.1, -0.05) is 0 Å². The summed E-state index contributed by atoms with van der Waals surface area (Å²) < 4.78 is 52.6. The van der Waals surface area contributed by atoms with Crippen molar-refractivity contribution in [3.63, 3.8) is 0 Å². The highest BCUT2D eigenvalue weighted by atomic mass is 32.2. The van der Waals surface area contributed by atoms with Gasteiger partial charge in [-0.15, -0.1) is 0 Å². The summed E-state index contributed by atoms with van der Waals surface area (Å²) in [6.45, 7) is 1.43. The number of ether oxygens (including phenoxy) is 1. The van der Waals surface area contributed by atoms with E-state index in [9.17, 15) is 16.8 Å². The molecule has 0 amide bonds. The summed E-state index contributed by atoms with van der Waals surface area (Å²) in [7, 11) is -5.81. The minimum Gasteiger partial charge on any atom is -0.496 e. The number of hydrogen-bond acceptors (Lipinski definition) is 5. The molecule has 1 aromatic carbocycles. The first-order chi connectivity index (χ1) is 8.69. The number of benzene rings is 1. The van der Waals surface area contributed by atoms with Crippen LogP contribution in [0, 0.1) is 0 Å². The molecule has 0 fully saturated rings. The van der Waals surface area contributed by atoms with Gasteiger partial charge < -0.3 is 4.74 Å². The fourth-order valence-corrected chi connectivity index (χ4v) is 2.50. The smallest absolute Gasteiger partial charge is 0.238 e. The van der Waals surface area contributed by atoms with E-state index in [0.29, 0.717) is 11.3 Å². The molecule has 108 valence electrons. The second kappa shape index (κ2) is 5.87. The largest absolute Gasteiger partial charge is 0.496 e. The van der Waals surface area contributed by atoms with Crippen LogP contribution >= 0.6 is 0 Å². The van der Waals surface area contributed by atoms with Gasteiger partial charge >= 0.3 is 0 Å². The van der Waals surface area contributed by atoms with Gasteiger partial charge in [-0.3, -0.25) is 0 Å². The Morgan fingerprint density at radius 3 is 2.37 bits per heavy atom. The molecular formula is C10H16N2O5S2. The first-order valence-electron chi connectivity index (χ1n) is 5.36. The Morgan fingerprint density at radius 2 is 1.89 bits per heavy atom. The predicted octanol–water partition coefficient (Wildman–Crippen LogP) is -0.218. The molecule has 0 heterocycles. The van der Waals surface area contributed by atoms with E-state index in [-0.39, 0.29) is 17.2 Å². The average Bonchev–Trinajstić information content (AvgIpc) is 2.35. The first-order valence-corrected chi connectivity index (χ1v) is 8.56. The summed E-state index contributed by atoms with van der Waals surface area (Å²) in [6, 6.07) is 4.01. The number of methoxy groups -OCH3 is 1. The van der Waals surface area contributed by atoms with Crippen LogP contribution in [-0.4, -0.2) is 29.7 Å². The Kier molecular flexibility index (Phi) is 4.91. The zero-order valence-corrected chi connectivity index (χ0v) is 12.2. The lowest BCUT2D eigenvalue weighted by Gasteiger charge is -2.11. The van der Waals surface area contributed by atoms with Crippen molar-refractivity contribution in [1.82, 2.24) is 4.72 Å². The molecule has 0 aromatic heterocycles. The van der Waals surface area contributed by atoms with Crippen LogP contribution in [0.25, 0.3) is 0 Å². The predicted molar refractivity (Wildman–Crippen MR) is 70.7 cm³/mol. The minimum absolute atomic E-state index is 0.0653. The fraction of sp³-hybridized carbons (Fsp3) is 0.400. The Hall–Kier alpha value is -1.16. The highest BCUT2D eigenvalue weighted by Gasteiger charge is 2.14. The first kappa shape index (κ1) is 15.9. The van der Waals surface area contributed by atoms with E-state index in [4.69, 9.17) is 9.88 Å². The Bertz CT molecular complexity index is 652. The number of sulfonamides is 2. The lowest BCUT2D eigenvalue weighted by Crippen LogP contribution is -2.25. The summed E-state index contributed by atoms with van der Waals surface area (Å²) in [6.07, 6.45) is 0.